The van der Waals surface area contributed by atoms with E-state index in [1.165, 1.54) is 12.1 Å². The highest BCUT2D eigenvalue weighted by Crippen LogP contribution is 2.35. The highest BCUT2D eigenvalue weighted by atomic mass is 35.5. The van der Waals surface area contributed by atoms with Gasteiger partial charge in [-0.3, -0.25) is 9.48 Å². The zero-order valence-electron chi connectivity index (χ0n) is 15.3. The van der Waals surface area contributed by atoms with Crippen LogP contribution in [0.1, 0.15) is 24.5 Å². The number of nitrogens with zero attached hydrogens (tertiary/aromatic N) is 3. The van der Waals surface area contributed by atoms with Crippen molar-refractivity contribution in [2.45, 2.75) is 25.3 Å². The van der Waals surface area contributed by atoms with Gasteiger partial charge in [-0.15, -0.1) is 5.10 Å². The maximum atomic E-state index is 12.0. The first-order chi connectivity index (χ1) is 13.7. The van der Waals surface area contributed by atoms with Crippen molar-refractivity contribution in [3.63, 3.8) is 0 Å². The number of carbonyl (C=O) groups excluding carboxylic acids is 1. The summed E-state index contributed by atoms with van der Waals surface area (Å²) < 4.78 is 30.5. The van der Waals surface area contributed by atoms with E-state index in [-0.39, 0.29) is 45.7 Å². The van der Waals surface area contributed by atoms with E-state index in [4.69, 9.17) is 39.5 Å². The summed E-state index contributed by atoms with van der Waals surface area (Å²) in [7, 11) is -3.01. The van der Waals surface area contributed by atoms with Crippen LogP contribution in [0.15, 0.2) is 18.3 Å². The van der Waals surface area contributed by atoms with E-state index in [0.717, 1.165) is 6.42 Å². The molecule has 158 valence electrons. The lowest BCUT2D eigenvalue weighted by Crippen LogP contribution is -2.31. The Morgan fingerprint density at radius 2 is 2.00 bits per heavy atom. The molecule has 1 fully saturated rings. The molecule has 8 nitrogen and oxygen atoms in total. The molecule has 0 radical (unpaired) electrons. The summed E-state index contributed by atoms with van der Waals surface area (Å²) in [6.45, 7) is 0.431. The topological polar surface area (TPSA) is 103 Å². The number of hydrogen-bond acceptors (Lipinski definition) is 6. The van der Waals surface area contributed by atoms with Crippen molar-refractivity contribution in [1.82, 2.24) is 20.3 Å². The molecule has 2 aromatic rings. The number of ether oxygens (including phenoxy) is 1. The van der Waals surface area contributed by atoms with E-state index in [9.17, 15) is 13.2 Å². The van der Waals surface area contributed by atoms with Crippen LogP contribution in [0.25, 0.3) is 0 Å². The van der Waals surface area contributed by atoms with E-state index in [1.54, 1.807) is 10.9 Å². The number of nitrogens with one attached hydrogen (secondary N) is 1. The molecule has 0 aliphatic carbocycles. The Bertz CT molecular complexity index is 973. The van der Waals surface area contributed by atoms with E-state index in [1.807, 2.05) is 0 Å². The number of sulfone groups is 1. The van der Waals surface area contributed by atoms with Crippen LogP contribution in [-0.4, -0.2) is 54.0 Å². The Hall–Kier alpha value is -1.55. The maximum absolute atomic E-state index is 12.0. The zero-order chi connectivity index (χ0) is 21.0. The van der Waals surface area contributed by atoms with Crippen LogP contribution in [0.4, 0.5) is 0 Å². The Kier molecular flexibility index (Phi) is 7.26. The van der Waals surface area contributed by atoms with E-state index >= 15 is 0 Å². The summed E-state index contributed by atoms with van der Waals surface area (Å²) in [4.78, 5) is 12.0. The summed E-state index contributed by atoms with van der Waals surface area (Å²) in [6, 6.07) is 2.95. The van der Waals surface area contributed by atoms with Gasteiger partial charge in [-0.1, -0.05) is 40.0 Å². The minimum absolute atomic E-state index is 0.107. The van der Waals surface area contributed by atoms with Gasteiger partial charge in [0.15, 0.2) is 22.2 Å². The third-order valence-corrected chi connectivity index (χ3v) is 7.01. The monoisotopic (exact) mass is 480 g/mol. The molecule has 0 bridgehead atoms. The van der Waals surface area contributed by atoms with E-state index in [2.05, 4.69) is 15.6 Å². The van der Waals surface area contributed by atoms with Crippen molar-refractivity contribution in [2.24, 2.45) is 0 Å². The molecule has 1 unspecified atom stereocenters. The molecule has 1 aromatic heterocycles. The second-order valence-electron chi connectivity index (χ2n) is 6.70. The summed E-state index contributed by atoms with van der Waals surface area (Å²) in [5.74, 6) is 0.0507. The largest absolute Gasteiger partial charge is 0.481 e. The average Bonchev–Trinajstić information content (AvgIpc) is 3.09. The van der Waals surface area contributed by atoms with Crippen molar-refractivity contribution in [1.29, 1.82) is 0 Å². The Morgan fingerprint density at radius 1 is 1.28 bits per heavy atom. The lowest BCUT2D eigenvalue weighted by molar-refractivity contribution is -0.123. The van der Waals surface area contributed by atoms with Gasteiger partial charge in [0.05, 0.1) is 33.8 Å². The van der Waals surface area contributed by atoms with Crippen LogP contribution in [0.3, 0.4) is 0 Å². The van der Waals surface area contributed by atoms with Crippen LogP contribution >= 0.6 is 34.8 Å². The van der Waals surface area contributed by atoms with Crippen LogP contribution in [0.2, 0.25) is 15.1 Å². The van der Waals surface area contributed by atoms with Gasteiger partial charge >= 0.3 is 0 Å². The summed E-state index contributed by atoms with van der Waals surface area (Å²) in [6.07, 6.45) is 3.14. The summed E-state index contributed by atoms with van der Waals surface area (Å²) >= 11 is 17.8. The molecular formula is C17H19Cl3N4O4S. The lowest BCUT2D eigenvalue weighted by atomic mass is 10.0. The highest BCUT2D eigenvalue weighted by molar-refractivity contribution is 7.91. The van der Waals surface area contributed by atoms with Crippen molar-refractivity contribution in [2.75, 3.05) is 24.7 Å². The normalized spacial score (nSPS) is 18.4. The van der Waals surface area contributed by atoms with Gasteiger partial charge in [0.2, 0.25) is 0 Å². The fraction of sp³-hybridized carbons (Fsp3) is 0.471. The molecule has 1 amide bonds. The minimum Gasteiger partial charge on any atom is -0.481 e. The molecule has 29 heavy (non-hydrogen) atoms. The molecule has 0 saturated carbocycles. The van der Waals surface area contributed by atoms with Crippen molar-refractivity contribution < 1.29 is 17.9 Å². The molecule has 12 heteroatoms. The Morgan fingerprint density at radius 3 is 2.69 bits per heavy atom. The number of carbonyl (C=O) groups is 1. The van der Waals surface area contributed by atoms with Crippen molar-refractivity contribution in [3.8, 4) is 5.75 Å². The average molecular weight is 482 g/mol. The van der Waals surface area contributed by atoms with E-state index in [0.29, 0.717) is 30.2 Å². The van der Waals surface area contributed by atoms with Gasteiger partial charge in [0.25, 0.3) is 5.91 Å². The molecule has 1 aromatic carbocycles. The van der Waals surface area contributed by atoms with Crippen molar-refractivity contribution in [3.05, 3.63) is 39.1 Å². The van der Waals surface area contributed by atoms with Gasteiger partial charge in [-0.2, -0.15) is 0 Å². The molecule has 1 aliphatic rings. The quantitative estimate of drug-likeness (QED) is 0.652. The standard InChI is InChI=1S/C17H19Cl3N4O4S/c18-12-6-13(19)17(14(20)7-12)28-9-16(25)21-3-4-24-8-15(22-23-24)11-2-1-5-29(26,27)10-11/h6-8,11H,1-5,9-10H2,(H,21,25). The predicted molar refractivity (Wildman–Crippen MR) is 111 cm³/mol. The number of hydrogen-bond donors (Lipinski definition) is 1. The van der Waals surface area contributed by atoms with Crippen molar-refractivity contribution >= 4 is 50.5 Å². The smallest absolute Gasteiger partial charge is 0.258 e. The van der Waals surface area contributed by atoms with Crippen LogP contribution in [-0.2, 0) is 21.2 Å². The van der Waals surface area contributed by atoms with Gasteiger partial charge < -0.3 is 10.1 Å². The molecule has 0 spiro atoms. The fourth-order valence-corrected chi connectivity index (χ4v) is 5.68. The predicted octanol–water partition coefficient (Wildman–Crippen LogP) is 2.73. The van der Waals surface area contributed by atoms with Gasteiger partial charge in [-0.25, -0.2) is 8.42 Å². The lowest BCUT2D eigenvalue weighted by Gasteiger charge is -2.19. The number of aromatic nitrogens is 3. The van der Waals surface area contributed by atoms with Crippen LogP contribution in [0, 0.1) is 0 Å². The molecule has 1 atom stereocenters. The maximum Gasteiger partial charge on any atom is 0.258 e. The Balaban J connectivity index is 1.45. The molecule has 1 aliphatic heterocycles. The third kappa shape index (κ3) is 6.21. The second-order valence-corrected chi connectivity index (χ2v) is 10.2. The third-order valence-electron chi connectivity index (χ3n) is 4.41. The molecule has 1 saturated heterocycles. The SMILES string of the molecule is O=C(COc1c(Cl)cc(Cl)cc1Cl)NCCn1cc(C2CCCS(=O)(=O)C2)nn1. The summed E-state index contributed by atoms with van der Waals surface area (Å²) in [5.41, 5.74) is 0.662. The fourth-order valence-electron chi connectivity index (χ4n) is 3.03. The number of benzene rings is 1. The van der Waals surface area contributed by atoms with Gasteiger partial charge in [0.1, 0.15) is 0 Å². The first kappa shape index (κ1) is 22.1. The van der Waals surface area contributed by atoms with Gasteiger partial charge in [-0.05, 0) is 25.0 Å². The first-order valence-electron chi connectivity index (χ1n) is 8.88. The number of amides is 1. The second kappa shape index (κ2) is 9.51. The highest BCUT2D eigenvalue weighted by Gasteiger charge is 2.27. The molecule has 1 N–H and O–H groups in total. The number of halogens is 3. The van der Waals surface area contributed by atoms with E-state index < -0.39 is 9.84 Å². The minimum atomic E-state index is -3.01. The van der Waals surface area contributed by atoms with Crippen LogP contribution in [0.5, 0.6) is 5.75 Å². The first-order valence-corrected chi connectivity index (χ1v) is 11.8. The molecular weight excluding hydrogens is 463 g/mol. The number of rotatable bonds is 7. The van der Waals surface area contributed by atoms with Gasteiger partial charge in [0, 0.05) is 23.7 Å². The zero-order valence-corrected chi connectivity index (χ0v) is 18.4. The Labute approximate surface area is 183 Å². The molecule has 2 heterocycles. The summed E-state index contributed by atoms with van der Waals surface area (Å²) in [5, 5.41) is 11.6. The molecule has 3 rings (SSSR count). The van der Waals surface area contributed by atoms with Crippen LogP contribution < -0.4 is 10.1 Å².